The van der Waals surface area contributed by atoms with Crippen LogP contribution in [0.25, 0.3) is 0 Å². The fourth-order valence-corrected chi connectivity index (χ4v) is 0.941. The minimum atomic E-state index is -4.42. The second kappa shape index (κ2) is 5.13. The standard InChI is InChI=1S/C10H10F3NO3/c1-6(10(11,12)13)17-5-8-3-2-7(4-14-8)9(15)16/h2-4,6H,5H2,1H3,(H,15,16)/t6-/m0/s1. The molecular weight excluding hydrogens is 239 g/mol. The Kier molecular flexibility index (Phi) is 4.06. The topological polar surface area (TPSA) is 59.4 Å². The summed E-state index contributed by atoms with van der Waals surface area (Å²) in [5.41, 5.74) is 0.212. The van der Waals surface area contributed by atoms with E-state index in [1.54, 1.807) is 0 Å². The van der Waals surface area contributed by atoms with Gasteiger partial charge in [-0.05, 0) is 19.1 Å². The first kappa shape index (κ1) is 13.4. The maximum Gasteiger partial charge on any atom is 0.414 e. The molecule has 1 aromatic rings. The molecule has 0 aliphatic rings. The fraction of sp³-hybridized carbons (Fsp3) is 0.400. The molecule has 0 amide bonds. The van der Waals surface area contributed by atoms with E-state index in [0.29, 0.717) is 0 Å². The van der Waals surface area contributed by atoms with Crippen molar-refractivity contribution in [2.45, 2.75) is 25.8 Å². The van der Waals surface area contributed by atoms with Crippen molar-refractivity contribution in [2.75, 3.05) is 0 Å². The highest BCUT2D eigenvalue weighted by Gasteiger charge is 2.36. The van der Waals surface area contributed by atoms with Crippen molar-refractivity contribution in [3.8, 4) is 0 Å². The predicted octanol–water partition coefficient (Wildman–Crippen LogP) is 2.25. The highest BCUT2D eigenvalue weighted by atomic mass is 19.4. The zero-order valence-electron chi connectivity index (χ0n) is 8.86. The Morgan fingerprint density at radius 1 is 1.53 bits per heavy atom. The fourth-order valence-electron chi connectivity index (χ4n) is 0.941. The number of carbonyl (C=O) groups is 1. The Balaban J connectivity index is 2.56. The lowest BCUT2D eigenvalue weighted by Crippen LogP contribution is -2.28. The van der Waals surface area contributed by atoms with Crippen molar-refractivity contribution in [3.63, 3.8) is 0 Å². The van der Waals surface area contributed by atoms with Crippen molar-refractivity contribution >= 4 is 5.97 Å². The van der Waals surface area contributed by atoms with E-state index < -0.39 is 18.2 Å². The summed E-state index contributed by atoms with van der Waals surface area (Å²) in [6, 6.07) is 2.57. The van der Waals surface area contributed by atoms with Gasteiger partial charge >= 0.3 is 12.1 Å². The van der Waals surface area contributed by atoms with Crippen LogP contribution in [0.2, 0.25) is 0 Å². The number of pyridine rings is 1. The molecule has 0 spiro atoms. The van der Waals surface area contributed by atoms with Gasteiger partial charge in [-0.25, -0.2) is 4.79 Å². The second-order valence-corrected chi connectivity index (χ2v) is 3.34. The van der Waals surface area contributed by atoms with Crippen LogP contribution in [-0.2, 0) is 11.3 Å². The number of carboxylic acids is 1. The van der Waals surface area contributed by atoms with Gasteiger partial charge in [0.05, 0.1) is 17.9 Å². The Hall–Kier alpha value is -1.63. The number of aromatic nitrogens is 1. The summed E-state index contributed by atoms with van der Waals surface area (Å²) in [5, 5.41) is 8.58. The van der Waals surface area contributed by atoms with E-state index in [1.807, 2.05) is 0 Å². The molecule has 0 fully saturated rings. The Labute approximate surface area is 95.0 Å². The van der Waals surface area contributed by atoms with Gasteiger partial charge in [0.1, 0.15) is 0 Å². The van der Waals surface area contributed by atoms with Crippen molar-refractivity contribution in [1.29, 1.82) is 0 Å². The molecule has 7 heteroatoms. The molecule has 0 saturated carbocycles. The van der Waals surface area contributed by atoms with Gasteiger partial charge in [-0.2, -0.15) is 13.2 Å². The SMILES string of the molecule is C[C@H](OCc1ccc(C(=O)O)cn1)C(F)(F)F. The zero-order chi connectivity index (χ0) is 13.1. The molecule has 94 valence electrons. The summed E-state index contributed by atoms with van der Waals surface area (Å²) >= 11 is 0. The van der Waals surface area contributed by atoms with Crippen LogP contribution in [-0.4, -0.2) is 28.3 Å². The van der Waals surface area contributed by atoms with E-state index >= 15 is 0 Å². The van der Waals surface area contributed by atoms with Crippen LogP contribution in [0.1, 0.15) is 23.0 Å². The quantitative estimate of drug-likeness (QED) is 0.889. The lowest BCUT2D eigenvalue weighted by molar-refractivity contribution is -0.217. The first-order chi connectivity index (χ1) is 7.80. The van der Waals surface area contributed by atoms with Gasteiger partial charge in [0, 0.05) is 6.20 Å². The summed E-state index contributed by atoms with van der Waals surface area (Å²) in [6.07, 6.45) is -5.23. The molecular formula is C10H10F3NO3. The molecule has 0 saturated heterocycles. The molecule has 0 aliphatic heterocycles. The smallest absolute Gasteiger partial charge is 0.414 e. The van der Waals surface area contributed by atoms with E-state index in [0.717, 1.165) is 13.1 Å². The van der Waals surface area contributed by atoms with Crippen molar-refractivity contribution in [2.24, 2.45) is 0 Å². The third-order valence-electron chi connectivity index (χ3n) is 2.01. The minimum absolute atomic E-state index is 0.0300. The minimum Gasteiger partial charge on any atom is -0.478 e. The van der Waals surface area contributed by atoms with Crippen LogP contribution >= 0.6 is 0 Å². The first-order valence-electron chi connectivity index (χ1n) is 4.67. The van der Waals surface area contributed by atoms with Crippen LogP contribution in [0.15, 0.2) is 18.3 Å². The zero-order valence-corrected chi connectivity index (χ0v) is 8.86. The van der Waals surface area contributed by atoms with Crippen LogP contribution < -0.4 is 0 Å². The van der Waals surface area contributed by atoms with Crippen molar-refractivity contribution in [1.82, 2.24) is 4.98 Å². The number of aromatic carboxylic acids is 1. The van der Waals surface area contributed by atoms with Crippen LogP contribution in [0.3, 0.4) is 0 Å². The molecule has 1 atom stereocenters. The van der Waals surface area contributed by atoms with Gasteiger partial charge in [-0.1, -0.05) is 0 Å². The van der Waals surface area contributed by atoms with E-state index in [-0.39, 0.29) is 17.9 Å². The van der Waals surface area contributed by atoms with E-state index in [4.69, 9.17) is 5.11 Å². The molecule has 4 nitrogen and oxygen atoms in total. The highest BCUT2D eigenvalue weighted by molar-refractivity contribution is 5.87. The van der Waals surface area contributed by atoms with E-state index in [1.165, 1.54) is 12.1 Å². The number of rotatable bonds is 4. The second-order valence-electron chi connectivity index (χ2n) is 3.34. The molecule has 1 heterocycles. The average molecular weight is 249 g/mol. The maximum atomic E-state index is 12.1. The van der Waals surface area contributed by atoms with Gasteiger partial charge in [-0.3, -0.25) is 4.98 Å². The molecule has 1 N–H and O–H groups in total. The molecule has 0 bridgehead atoms. The van der Waals surface area contributed by atoms with Crippen LogP contribution in [0.4, 0.5) is 13.2 Å². The average Bonchev–Trinajstić information content (AvgIpc) is 2.25. The molecule has 17 heavy (non-hydrogen) atoms. The lowest BCUT2D eigenvalue weighted by Gasteiger charge is -2.15. The first-order valence-corrected chi connectivity index (χ1v) is 4.67. The van der Waals surface area contributed by atoms with E-state index in [2.05, 4.69) is 9.72 Å². The number of alkyl halides is 3. The maximum absolute atomic E-state index is 12.1. The number of halogens is 3. The summed E-state index contributed by atoms with van der Waals surface area (Å²) in [4.78, 5) is 14.2. The third kappa shape index (κ3) is 4.03. The van der Waals surface area contributed by atoms with Crippen LogP contribution in [0, 0.1) is 0 Å². The summed E-state index contributed by atoms with van der Waals surface area (Å²) in [6.45, 7) is 0.576. The summed E-state index contributed by atoms with van der Waals surface area (Å²) in [7, 11) is 0. The Morgan fingerprint density at radius 3 is 2.59 bits per heavy atom. The molecule has 1 rings (SSSR count). The lowest BCUT2D eigenvalue weighted by atomic mass is 10.2. The monoisotopic (exact) mass is 249 g/mol. The van der Waals surface area contributed by atoms with Gasteiger partial charge in [0.15, 0.2) is 6.10 Å². The van der Waals surface area contributed by atoms with Crippen LogP contribution in [0.5, 0.6) is 0 Å². The predicted molar refractivity (Wildman–Crippen MR) is 51.5 cm³/mol. The molecule has 0 radical (unpaired) electrons. The van der Waals surface area contributed by atoms with Gasteiger partial charge in [0.2, 0.25) is 0 Å². The summed E-state index contributed by atoms with van der Waals surface area (Å²) in [5.74, 6) is -1.14. The highest BCUT2D eigenvalue weighted by Crippen LogP contribution is 2.22. The number of carboxylic acid groups (broad SMARTS) is 1. The van der Waals surface area contributed by atoms with Gasteiger partial charge < -0.3 is 9.84 Å². The van der Waals surface area contributed by atoms with Crippen molar-refractivity contribution in [3.05, 3.63) is 29.6 Å². The number of hydrogen-bond donors (Lipinski definition) is 1. The normalized spacial score (nSPS) is 13.4. The Morgan fingerprint density at radius 2 is 2.18 bits per heavy atom. The van der Waals surface area contributed by atoms with Gasteiger partial charge in [0.25, 0.3) is 0 Å². The number of hydrogen-bond acceptors (Lipinski definition) is 3. The van der Waals surface area contributed by atoms with Gasteiger partial charge in [-0.15, -0.1) is 0 Å². The largest absolute Gasteiger partial charge is 0.478 e. The number of nitrogens with zero attached hydrogens (tertiary/aromatic N) is 1. The number of ether oxygens (including phenoxy) is 1. The Bertz CT molecular complexity index is 389. The van der Waals surface area contributed by atoms with E-state index in [9.17, 15) is 18.0 Å². The van der Waals surface area contributed by atoms with Crippen molar-refractivity contribution < 1.29 is 27.8 Å². The molecule has 0 aromatic carbocycles. The third-order valence-corrected chi connectivity index (χ3v) is 2.01. The molecule has 0 aliphatic carbocycles. The molecule has 0 unspecified atom stereocenters. The summed E-state index contributed by atoms with van der Waals surface area (Å²) < 4.78 is 40.9. The molecule has 1 aromatic heterocycles.